The highest BCUT2D eigenvalue weighted by Gasteiger charge is 2.32. The summed E-state index contributed by atoms with van der Waals surface area (Å²) in [4.78, 5) is 14.9. The SMILES string of the molecule is O=C(c1ccc(S(=O)(=O)N2CCCC2)cc1)N(c1ccc(Cl)cc1)[C@H]1C=CS(=O)(=O)C1. The Morgan fingerprint density at radius 1 is 1.00 bits per heavy atom. The van der Waals surface area contributed by atoms with Gasteiger partial charge in [0.1, 0.15) is 0 Å². The maximum atomic E-state index is 13.3. The maximum Gasteiger partial charge on any atom is 0.258 e. The van der Waals surface area contributed by atoms with Gasteiger partial charge in [0, 0.05) is 34.8 Å². The Morgan fingerprint density at radius 3 is 2.16 bits per heavy atom. The molecule has 2 heterocycles. The Balaban J connectivity index is 1.65. The highest BCUT2D eigenvalue weighted by molar-refractivity contribution is 7.94. The first-order chi connectivity index (χ1) is 14.7. The molecule has 1 amide bonds. The van der Waals surface area contributed by atoms with Crippen LogP contribution in [-0.2, 0) is 19.9 Å². The Morgan fingerprint density at radius 2 is 1.61 bits per heavy atom. The van der Waals surface area contributed by atoms with Gasteiger partial charge in [0.25, 0.3) is 5.91 Å². The molecule has 0 aromatic heterocycles. The van der Waals surface area contributed by atoms with Crippen molar-refractivity contribution in [2.45, 2.75) is 23.8 Å². The van der Waals surface area contributed by atoms with E-state index in [9.17, 15) is 21.6 Å². The van der Waals surface area contributed by atoms with Crippen LogP contribution in [0.15, 0.2) is 64.9 Å². The molecule has 1 saturated heterocycles. The van der Waals surface area contributed by atoms with E-state index >= 15 is 0 Å². The summed E-state index contributed by atoms with van der Waals surface area (Å²) in [6.07, 6.45) is 3.15. The third-order valence-corrected chi connectivity index (χ3v) is 8.91. The number of amides is 1. The number of nitrogens with zero attached hydrogens (tertiary/aromatic N) is 2. The van der Waals surface area contributed by atoms with Gasteiger partial charge in [-0.3, -0.25) is 4.79 Å². The number of carbonyl (C=O) groups is 1. The van der Waals surface area contributed by atoms with E-state index in [0.29, 0.717) is 23.8 Å². The lowest BCUT2D eigenvalue weighted by Crippen LogP contribution is -2.41. The molecular formula is C21H21ClN2O5S2. The third-order valence-electron chi connectivity index (χ3n) is 5.37. The Kier molecular flexibility index (Phi) is 5.95. The van der Waals surface area contributed by atoms with E-state index in [1.54, 1.807) is 24.3 Å². The van der Waals surface area contributed by atoms with E-state index < -0.39 is 31.8 Å². The lowest BCUT2D eigenvalue weighted by Gasteiger charge is -2.28. The predicted octanol–water partition coefficient (Wildman–Crippen LogP) is 3.08. The third kappa shape index (κ3) is 4.55. The van der Waals surface area contributed by atoms with Crippen molar-refractivity contribution in [3.63, 3.8) is 0 Å². The molecule has 0 N–H and O–H groups in total. The largest absolute Gasteiger partial charge is 0.300 e. The fraction of sp³-hybridized carbons (Fsp3) is 0.286. The molecule has 2 aromatic rings. The molecule has 0 spiro atoms. The normalized spacial score (nSPS) is 20.7. The van der Waals surface area contributed by atoms with Crippen LogP contribution in [0.5, 0.6) is 0 Å². The quantitative estimate of drug-likeness (QED) is 0.655. The fourth-order valence-corrected chi connectivity index (χ4v) is 6.68. The van der Waals surface area contributed by atoms with Crippen LogP contribution in [0.25, 0.3) is 0 Å². The van der Waals surface area contributed by atoms with Gasteiger partial charge >= 0.3 is 0 Å². The summed E-state index contributed by atoms with van der Waals surface area (Å²) >= 11 is 5.96. The summed E-state index contributed by atoms with van der Waals surface area (Å²) in [5.41, 5.74) is 0.753. The van der Waals surface area contributed by atoms with E-state index in [-0.39, 0.29) is 16.2 Å². The zero-order valence-corrected chi connectivity index (χ0v) is 18.9. The van der Waals surface area contributed by atoms with E-state index in [1.165, 1.54) is 39.5 Å². The molecule has 0 saturated carbocycles. The molecule has 0 aliphatic carbocycles. The maximum absolute atomic E-state index is 13.3. The van der Waals surface area contributed by atoms with E-state index in [2.05, 4.69) is 0 Å². The van der Waals surface area contributed by atoms with Gasteiger partial charge in [-0.15, -0.1) is 0 Å². The van der Waals surface area contributed by atoms with Gasteiger partial charge < -0.3 is 4.90 Å². The first kappa shape index (κ1) is 22.0. The molecule has 164 valence electrons. The molecule has 31 heavy (non-hydrogen) atoms. The fourth-order valence-electron chi connectivity index (χ4n) is 3.77. The molecule has 4 rings (SSSR count). The van der Waals surface area contributed by atoms with E-state index in [4.69, 9.17) is 11.6 Å². The second-order valence-corrected chi connectivity index (χ2v) is 11.8. The van der Waals surface area contributed by atoms with Gasteiger partial charge in [-0.25, -0.2) is 16.8 Å². The Labute approximate surface area is 186 Å². The van der Waals surface area contributed by atoms with Gasteiger partial charge in [0.05, 0.1) is 16.7 Å². The molecule has 1 fully saturated rings. The van der Waals surface area contributed by atoms with Gasteiger partial charge in [-0.05, 0) is 67.4 Å². The number of hydrogen-bond donors (Lipinski definition) is 0. The second kappa shape index (κ2) is 8.38. The van der Waals surface area contributed by atoms with Gasteiger partial charge in [0.15, 0.2) is 9.84 Å². The van der Waals surface area contributed by atoms with E-state index in [0.717, 1.165) is 18.2 Å². The number of anilines is 1. The van der Waals surface area contributed by atoms with Crippen molar-refractivity contribution < 1.29 is 21.6 Å². The number of benzene rings is 2. The van der Waals surface area contributed by atoms with Crippen molar-refractivity contribution in [1.29, 1.82) is 0 Å². The van der Waals surface area contributed by atoms with Crippen LogP contribution in [0, 0.1) is 0 Å². The summed E-state index contributed by atoms with van der Waals surface area (Å²) in [5, 5.41) is 1.60. The van der Waals surface area contributed by atoms with Crippen LogP contribution in [0.1, 0.15) is 23.2 Å². The van der Waals surface area contributed by atoms with Crippen molar-refractivity contribution in [3.8, 4) is 0 Å². The number of sulfone groups is 1. The van der Waals surface area contributed by atoms with Crippen LogP contribution in [-0.4, -0.2) is 51.9 Å². The summed E-state index contributed by atoms with van der Waals surface area (Å²) in [5.74, 6) is -0.651. The van der Waals surface area contributed by atoms with Gasteiger partial charge in [-0.1, -0.05) is 11.6 Å². The zero-order valence-electron chi connectivity index (χ0n) is 16.5. The minimum absolute atomic E-state index is 0.132. The molecule has 2 aromatic carbocycles. The van der Waals surface area contributed by atoms with Crippen molar-refractivity contribution >= 4 is 43.1 Å². The van der Waals surface area contributed by atoms with Crippen molar-refractivity contribution in [2.75, 3.05) is 23.7 Å². The minimum Gasteiger partial charge on any atom is -0.300 e. The van der Waals surface area contributed by atoms with Crippen LogP contribution >= 0.6 is 11.6 Å². The topological polar surface area (TPSA) is 91.8 Å². The van der Waals surface area contributed by atoms with Crippen LogP contribution in [0.2, 0.25) is 5.02 Å². The van der Waals surface area contributed by atoms with Crippen molar-refractivity contribution in [2.24, 2.45) is 0 Å². The highest BCUT2D eigenvalue weighted by Crippen LogP contribution is 2.27. The first-order valence-electron chi connectivity index (χ1n) is 9.78. The average molecular weight is 481 g/mol. The van der Waals surface area contributed by atoms with Crippen molar-refractivity contribution in [3.05, 3.63) is 70.6 Å². The smallest absolute Gasteiger partial charge is 0.258 e. The molecule has 2 aliphatic heterocycles. The lowest BCUT2D eigenvalue weighted by molar-refractivity contribution is 0.0983. The average Bonchev–Trinajstić information content (AvgIpc) is 3.40. The van der Waals surface area contributed by atoms with Crippen molar-refractivity contribution in [1.82, 2.24) is 4.31 Å². The molecule has 7 nitrogen and oxygen atoms in total. The summed E-state index contributed by atoms with van der Waals surface area (Å²) in [6, 6.07) is 11.6. The Bertz CT molecular complexity index is 1220. The number of rotatable bonds is 5. The van der Waals surface area contributed by atoms with Gasteiger partial charge in [0.2, 0.25) is 10.0 Å². The number of carbonyl (C=O) groups excluding carboxylic acids is 1. The molecule has 0 bridgehead atoms. The summed E-state index contributed by atoms with van der Waals surface area (Å²) in [6.45, 7) is 0.992. The molecular weight excluding hydrogens is 460 g/mol. The standard InChI is InChI=1S/C21H21ClN2O5S2/c22-17-5-7-18(8-6-17)24(19-11-14-30(26,27)15-19)21(25)16-3-9-20(10-4-16)31(28,29)23-12-1-2-13-23/h3-11,14,19H,1-2,12-13,15H2/t19-/m0/s1. The molecule has 0 radical (unpaired) electrons. The van der Waals surface area contributed by atoms with Crippen LogP contribution < -0.4 is 4.90 Å². The monoisotopic (exact) mass is 480 g/mol. The minimum atomic E-state index is -3.59. The predicted molar refractivity (Wildman–Crippen MR) is 119 cm³/mol. The molecule has 1 atom stereocenters. The Hall–Kier alpha value is -2.20. The van der Waals surface area contributed by atoms with Crippen LogP contribution in [0.3, 0.4) is 0 Å². The van der Waals surface area contributed by atoms with Crippen LogP contribution in [0.4, 0.5) is 5.69 Å². The lowest BCUT2D eigenvalue weighted by atomic mass is 10.1. The number of hydrogen-bond acceptors (Lipinski definition) is 5. The number of halogens is 1. The number of sulfonamides is 1. The van der Waals surface area contributed by atoms with Gasteiger partial charge in [-0.2, -0.15) is 4.31 Å². The molecule has 0 unspecified atom stereocenters. The summed E-state index contributed by atoms with van der Waals surface area (Å²) < 4.78 is 50.8. The first-order valence-corrected chi connectivity index (χ1v) is 13.3. The zero-order chi connectivity index (χ0) is 22.2. The van der Waals surface area contributed by atoms with E-state index in [1.807, 2.05) is 0 Å². The highest BCUT2D eigenvalue weighted by atomic mass is 35.5. The molecule has 2 aliphatic rings. The molecule has 10 heteroatoms. The summed E-state index contributed by atoms with van der Waals surface area (Å²) in [7, 11) is -6.98. The second-order valence-electron chi connectivity index (χ2n) is 7.51.